The number of benzene rings is 9. The smallest absolute Gasteiger partial charge is 0.238 e. The van der Waals surface area contributed by atoms with Gasteiger partial charge in [0.1, 0.15) is 0 Å². The van der Waals surface area contributed by atoms with Gasteiger partial charge in [-0.3, -0.25) is 4.57 Å². The van der Waals surface area contributed by atoms with Gasteiger partial charge in [-0.2, -0.15) is 9.97 Å². The Morgan fingerprint density at radius 1 is 0.343 bits per heavy atom. The highest BCUT2D eigenvalue weighted by molar-refractivity contribution is 6.24. The number of hydrogen-bond acceptors (Lipinski definition) is 4. The third-order valence-corrected chi connectivity index (χ3v) is 14.6. The number of para-hydroxylation sites is 4. The molecule has 0 bridgehead atoms. The van der Waals surface area contributed by atoms with Gasteiger partial charge >= 0.3 is 0 Å². The molecule has 15 rings (SSSR count). The molecule has 13 aromatic rings. The molecule has 2 unspecified atom stereocenters. The highest BCUT2D eigenvalue weighted by Gasteiger charge is 2.40. The van der Waals surface area contributed by atoms with Crippen molar-refractivity contribution in [2.45, 2.75) is 12.0 Å². The van der Waals surface area contributed by atoms with Crippen molar-refractivity contribution in [3.05, 3.63) is 242 Å². The predicted octanol–water partition coefficient (Wildman–Crippen LogP) is 15.2. The Morgan fingerprint density at radius 2 is 0.814 bits per heavy atom. The highest BCUT2D eigenvalue weighted by atomic mass is 15.2. The van der Waals surface area contributed by atoms with Gasteiger partial charge in [-0.05, 0) is 54.1 Å². The predicted molar refractivity (Wildman–Crippen MR) is 287 cm³/mol. The highest BCUT2D eigenvalue weighted by Crippen LogP contribution is 2.53. The Kier molecular flexibility index (Phi) is 8.35. The molecule has 5 heterocycles. The second-order valence-corrected chi connectivity index (χ2v) is 18.3. The second kappa shape index (κ2) is 15.1. The molecule has 0 saturated heterocycles. The van der Waals surface area contributed by atoms with Crippen molar-refractivity contribution >= 4 is 76.8 Å². The Bertz CT molecular complexity index is 4250. The van der Waals surface area contributed by atoms with Crippen molar-refractivity contribution in [3.8, 4) is 40.1 Å². The zero-order valence-electron chi connectivity index (χ0n) is 37.8. The molecule has 0 amide bonds. The van der Waals surface area contributed by atoms with Crippen LogP contribution >= 0.6 is 0 Å². The van der Waals surface area contributed by atoms with E-state index in [4.69, 9.17) is 15.0 Å². The fraction of sp³-hybridized carbons (Fsp3) is 0.0317. The van der Waals surface area contributed by atoms with Gasteiger partial charge in [0.05, 0.1) is 44.8 Å². The van der Waals surface area contributed by atoms with E-state index in [2.05, 4.69) is 219 Å². The first kappa shape index (κ1) is 38.7. The molecule has 7 heteroatoms. The molecule has 4 aromatic heterocycles. The number of fused-ring (bicyclic) bond motifs is 14. The lowest BCUT2D eigenvalue weighted by molar-refractivity contribution is 0.744. The van der Waals surface area contributed by atoms with Gasteiger partial charge < -0.3 is 14.0 Å². The lowest BCUT2D eigenvalue weighted by Crippen LogP contribution is -2.28. The lowest BCUT2D eigenvalue weighted by atomic mass is 9.91. The van der Waals surface area contributed by atoms with Crippen molar-refractivity contribution in [3.63, 3.8) is 0 Å². The largest absolute Gasteiger partial charge is 0.332 e. The zero-order chi connectivity index (χ0) is 45.9. The average molecular weight is 896 g/mol. The van der Waals surface area contributed by atoms with Crippen LogP contribution in [0, 0.1) is 0 Å². The standard InChI is InChI=1S/C63H41N7/c1-4-19-40(20-5-1)61-64-62(41-21-6-2-7-22-41)66-63(65-61)70-56-34-17-13-30-48(56)52-38-37-51-47-29-12-16-33-55(47)69(59(51)60(52)70)44-26-18-25-43(39-44)68-54-32-15-11-28-46(54)50-36-35-49-45-27-10-14-31-53(45)67(57(49)58(50)68)42-23-8-3-9-24-42/h1-39,46,54H. The maximum atomic E-state index is 5.34. The quantitative estimate of drug-likeness (QED) is 0.167. The lowest BCUT2D eigenvalue weighted by Gasteiger charge is -2.30. The summed E-state index contributed by atoms with van der Waals surface area (Å²) in [5.41, 5.74) is 14.4. The van der Waals surface area contributed by atoms with Crippen LogP contribution in [-0.2, 0) is 0 Å². The number of allylic oxidation sites excluding steroid dienone is 2. The van der Waals surface area contributed by atoms with Gasteiger partial charge in [-0.25, -0.2) is 4.98 Å². The number of aromatic nitrogens is 6. The molecule has 9 aromatic carbocycles. The molecule has 1 aliphatic heterocycles. The molecule has 328 valence electrons. The van der Waals surface area contributed by atoms with E-state index in [1.165, 1.54) is 38.4 Å². The molecular formula is C63H41N7. The maximum absolute atomic E-state index is 5.34. The molecular weight excluding hydrogens is 855 g/mol. The number of rotatable bonds is 6. The molecule has 2 aliphatic rings. The van der Waals surface area contributed by atoms with Crippen LogP contribution in [0.5, 0.6) is 0 Å². The SMILES string of the molecule is C1=CC2c3ccc4c5ccccc5n(-c5ccccc5)c4c3N(c3cccc(-n4c5ccccc5c5ccc6c7ccccc7n(-c7nc(-c8ccccc8)nc(-c8ccccc8)n7)c6c54)c3)C2C=C1. The van der Waals surface area contributed by atoms with E-state index in [9.17, 15) is 0 Å². The summed E-state index contributed by atoms with van der Waals surface area (Å²) in [7, 11) is 0. The summed E-state index contributed by atoms with van der Waals surface area (Å²) in [4.78, 5) is 18.4. The van der Waals surface area contributed by atoms with Gasteiger partial charge in [0, 0.05) is 66.4 Å². The van der Waals surface area contributed by atoms with Gasteiger partial charge in [0.2, 0.25) is 5.95 Å². The van der Waals surface area contributed by atoms with E-state index in [1.54, 1.807) is 0 Å². The normalized spacial score (nSPS) is 15.3. The van der Waals surface area contributed by atoms with Crippen LogP contribution in [0.1, 0.15) is 11.5 Å². The molecule has 1 aliphatic carbocycles. The molecule has 0 saturated carbocycles. The molecule has 0 N–H and O–H groups in total. The summed E-state index contributed by atoms with van der Waals surface area (Å²) in [6, 6.07) is 76.1. The Balaban J connectivity index is 1.02. The Labute approximate surface area is 402 Å². The summed E-state index contributed by atoms with van der Waals surface area (Å²) in [5.74, 6) is 1.98. The molecule has 7 nitrogen and oxygen atoms in total. The van der Waals surface area contributed by atoms with Crippen LogP contribution in [0.15, 0.2) is 237 Å². The van der Waals surface area contributed by atoms with Crippen LogP contribution in [0.2, 0.25) is 0 Å². The van der Waals surface area contributed by atoms with Gasteiger partial charge in [0.25, 0.3) is 0 Å². The first-order valence-corrected chi connectivity index (χ1v) is 24.0. The number of nitrogens with zero attached hydrogens (tertiary/aromatic N) is 7. The van der Waals surface area contributed by atoms with Crippen LogP contribution < -0.4 is 4.90 Å². The summed E-state index contributed by atoms with van der Waals surface area (Å²) in [6.07, 6.45) is 9.18. The molecule has 2 atom stereocenters. The summed E-state index contributed by atoms with van der Waals surface area (Å²) in [6.45, 7) is 0. The number of anilines is 2. The van der Waals surface area contributed by atoms with E-state index in [0.717, 1.165) is 66.4 Å². The molecule has 0 spiro atoms. The van der Waals surface area contributed by atoms with Gasteiger partial charge in [-0.15, -0.1) is 0 Å². The topological polar surface area (TPSA) is 56.7 Å². The third kappa shape index (κ3) is 5.60. The first-order chi connectivity index (χ1) is 34.8. The fourth-order valence-electron chi connectivity index (χ4n) is 11.7. The van der Waals surface area contributed by atoms with Crippen LogP contribution in [0.3, 0.4) is 0 Å². The number of hydrogen-bond donors (Lipinski definition) is 0. The minimum absolute atomic E-state index is 0.0805. The van der Waals surface area contributed by atoms with Crippen molar-refractivity contribution in [1.29, 1.82) is 0 Å². The van der Waals surface area contributed by atoms with Crippen LogP contribution in [0.4, 0.5) is 11.4 Å². The van der Waals surface area contributed by atoms with Crippen LogP contribution in [-0.4, -0.2) is 34.7 Å². The molecule has 70 heavy (non-hydrogen) atoms. The van der Waals surface area contributed by atoms with E-state index in [1.807, 2.05) is 36.4 Å². The van der Waals surface area contributed by atoms with Gasteiger partial charge in [-0.1, -0.05) is 188 Å². The minimum atomic E-state index is 0.0805. The summed E-state index contributed by atoms with van der Waals surface area (Å²) in [5, 5.41) is 7.06. The molecule has 0 radical (unpaired) electrons. The Morgan fingerprint density at radius 3 is 1.44 bits per heavy atom. The van der Waals surface area contributed by atoms with E-state index in [-0.39, 0.29) is 12.0 Å². The van der Waals surface area contributed by atoms with Crippen LogP contribution in [0.25, 0.3) is 106 Å². The van der Waals surface area contributed by atoms with E-state index >= 15 is 0 Å². The summed E-state index contributed by atoms with van der Waals surface area (Å²) >= 11 is 0. The maximum Gasteiger partial charge on any atom is 0.238 e. The van der Waals surface area contributed by atoms with E-state index < -0.39 is 0 Å². The van der Waals surface area contributed by atoms with E-state index in [0.29, 0.717) is 17.6 Å². The second-order valence-electron chi connectivity index (χ2n) is 18.3. The van der Waals surface area contributed by atoms with Gasteiger partial charge in [0.15, 0.2) is 11.6 Å². The minimum Gasteiger partial charge on any atom is -0.332 e. The van der Waals surface area contributed by atoms with Crippen molar-refractivity contribution in [2.24, 2.45) is 0 Å². The zero-order valence-corrected chi connectivity index (χ0v) is 37.8. The third-order valence-electron chi connectivity index (χ3n) is 14.6. The summed E-state index contributed by atoms with van der Waals surface area (Å²) < 4.78 is 7.21. The van der Waals surface area contributed by atoms with Crippen molar-refractivity contribution < 1.29 is 0 Å². The monoisotopic (exact) mass is 895 g/mol. The Hall–Kier alpha value is -9.33. The first-order valence-electron chi connectivity index (χ1n) is 24.0. The average Bonchev–Trinajstić information content (AvgIpc) is 4.17. The molecule has 0 fully saturated rings. The van der Waals surface area contributed by atoms with Crippen molar-refractivity contribution in [2.75, 3.05) is 4.90 Å². The van der Waals surface area contributed by atoms with Crippen molar-refractivity contribution in [1.82, 2.24) is 28.7 Å². The fourth-order valence-corrected chi connectivity index (χ4v) is 11.7.